The topological polar surface area (TPSA) is 20.7 Å². The van der Waals surface area contributed by atoms with Gasteiger partial charge in [0.05, 0.1) is 0 Å². The maximum Gasteiger partial charge on any atom is 0.177 e. The fraction of sp³-hybridized carbons (Fsp3) is 0.750. The highest BCUT2D eigenvalue weighted by atomic mass is 32.1. The summed E-state index contributed by atoms with van der Waals surface area (Å²) in [5.74, 6) is 0. The number of rotatable bonds is 7. The Balaban J connectivity index is 2.15. The summed E-state index contributed by atoms with van der Waals surface area (Å²) < 4.78 is 2.90. The Hall–Kier alpha value is -0.570. The van der Waals surface area contributed by atoms with Gasteiger partial charge in [-0.3, -0.25) is 0 Å². The molecule has 0 aliphatic heterocycles. The molecule has 15 heavy (non-hydrogen) atoms. The van der Waals surface area contributed by atoms with Crippen molar-refractivity contribution in [3.63, 3.8) is 0 Å². The highest BCUT2D eigenvalue weighted by Crippen LogP contribution is 2.09. The predicted octanol–water partition coefficient (Wildman–Crippen LogP) is 3.99. The van der Waals surface area contributed by atoms with Gasteiger partial charge in [0.1, 0.15) is 0 Å². The molecule has 1 heterocycles. The second-order valence-corrected chi connectivity index (χ2v) is 4.55. The third-order valence-electron chi connectivity index (χ3n) is 2.88. The van der Waals surface area contributed by atoms with Crippen LogP contribution in [0.3, 0.4) is 0 Å². The summed E-state index contributed by atoms with van der Waals surface area (Å²) in [5, 5.41) is 0. The fourth-order valence-corrected chi connectivity index (χ4v) is 1.97. The van der Waals surface area contributed by atoms with Gasteiger partial charge in [0.15, 0.2) is 4.77 Å². The fourth-order valence-electron chi connectivity index (χ4n) is 1.80. The summed E-state index contributed by atoms with van der Waals surface area (Å²) in [4.78, 5) is 3.08. The van der Waals surface area contributed by atoms with Crippen LogP contribution in [-0.2, 0) is 13.5 Å². The SMILES string of the molecule is CCCCCCCCc1c[nH]c(=S)n1C. The molecule has 86 valence electrons. The van der Waals surface area contributed by atoms with Crippen LogP contribution >= 0.6 is 12.2 Å². The quantitative estimate of drug-likeness (QED) is 0.551. The highest BCUT2D eigenvalue weighted by Gasteiger charge is 1.99. The molecule has 1 aromatic rings. The van der Waals surface area contributed by atoms with Crippen LogP contribution in [0, 0.1) is 4.77 Å². The van der Waals surface area contributed by atoms with Gasteiger partial charge in [-0.15, -0.1) is 0 Å². The summed E-state index contributed by atoms with van der Waals surface area (Å²) >= 11 is 5.12. The molecule has 2 nitrogen and oxygen atoms in total. The lowest BCUT2D eigenvalue weighted by Gasteiger charge is -2.02. The molecule has 0 unspecified atom stereocenters. The molecule has 0 spiro atoms. The summed E-state index contributed by atoms with van der Waals surface area (Å²) in [6, 6.07) is 0. The van der Waals surface area contributed by atoms with Crippen molar-refractivity contribution < 1.29 is 0 Å². The molecule has 0 aliphatic rings. The largest absolute Gasteiger partial charge is 0.337 e. The number of unbranched alkanes of at least 4 members (excludes halogenated alkanes) is 5. The molecular formula is C12H22N2S. The molecule has 0 bridgehead atoms. The van der Waals surface area contributed by atoms with Crippen molar-refractivity contribution >= 4 is 12.2 Å². The highest BCUT2D eigenvalue weighted by molar-refractivity contribution is 7.71. The molecule has 0 amide bonds. The van der Waals surface area contributed by atoms with Crippen LogP contribution in [0.4, 0.5) is 0 Å². The second kappa shape index (κ2) is 6.83. The second-order valence-electron chi connectivity index (χ2n) is 4.16. The number of aryl methyl sites for hydroxylation is 1. The van der Waals surface area contributed by atoms with Crippen LogP contribution < -0.4 is 0 Å². The van der Waals surface area contributed by atoms with Gasteiger partial charge in [0.2, 0.25) is 0 Å². The third-order valence-corrected chi connectivity index (χ3v) is 3.28. The Labute approximate surface area is 97.7 Å². The van der Waals surface area contributed by atoms with E-state index in [9.17, 15) is 0 Å². The van der Waals surface area contributed by atoms with Crippen LogP contribution in [0.2, 0.25) is 0 Å². The van der Waals surface area contributed by atoms with Crippen molar-refractivity contribution in [2.24, 2.45) is 7.05 Å². The Bertz CT molecular complexity index is 325. The lowest BCUT2D eigenvalue weighted by atomic mass is 10.1. The number of H-pyrrole nitrogens is 1. The van der Waals surface area contributed by atoms with Crippen molar-refractivity contribution in [2.45, 2.75) is 51.9 Å². The van der Waals surface area contributed by atoms with Gasteiger partial charge in [-0.25, -0.2) is 0 Å². The normalized spacial score (nSPS) is 10.8. The van der Waals surface area contributed by atoms with Gasteiger partial charge in [-0.2, -0.15) is 0 Å². The first-order chi connectivity index (χ1) is 7.25. The number of hydrogen-bond donors (Lipinski definition) is 1. The molecule has 0 radical (unpaired) electrons. The Morgan fingerprint density at radius 2 is 1.87 bits per heavy atom. The van der Waals surface area contributed by atoms with Gasteiger partial charge in [0.25, 0.3) is 0 Å². The number of nitrogens with one attached hydrogen (secondary N) is 1. The molecule has 1 rings (SSSR count). The molecule has 1 aromatic heterocycles. The van der Waals surface area contributed by atoms with E-state index in [4.69, 9.17) is 12.2 Å². The van der Waals surface area contributed by atoms with Crippen molar-refractivity contribution in [3.8, 4) is 0 Å². The maximum absolute atomic E-state index is 5.12. The molecule has 1 N–H and O–H groups in total. The van der Waals surface area contributed by atoms with E-state index in [1.54, 1.807) is 0 Å². The first kappa shape index (κ1) is 12.5. The van der Waals surface area contributed by atoms with Gasteiger partial charge >= 0.3 is 0 Å². The van der Waals surface area contributed by atoms with E-state index in [1.807, 2.05) is 13.2 Å². The van der Waals surface area contributed by atoms with Crippen LogP contribution in [0.25, 0.3) is 0 Å². The summed E-state index contributed by atoms with van der Waals surface area (Å²) in [6.45, 7) is 2.25. The van der Waals surface area contributed by atoms with E-state index in [2.05, 4.69) is 16.5 Å². The number of imidazole rings is 1. The number of aromatic amines is 1. The number of aromatic nitrogens is 2. The molecule has 3 heteroatoms. The zero-order valence-electron chi connectivity index (χ0n) is 9.88. The van der Waals surface area contributed by atoms with Gasteiger partial charge in [0, 0.05) is 18.9 Å². The molecule has 0 fully saturated rings. The van der Waals surface area contributed by atoms with Crippen molar-refractivity contribution in [3.05, 3.63) is 16.7 Å². The zero-order chi connectivity index (χ0) is 11.1. The van der Waals surface area contributed by atoms with Crippen LogP contribution in [0.15, 0.2) is 6.20 Å². The minimum Gasteiger partial charge on any atom is -0.337 e. The van der Waals surface area contributed by atoms with Crippen LogP contribution in [-0.4, -0.2) is 9.55 Å². The van der Waals surface area contributed by atoms with E-state index in [1.165, 1.54) is 44.2 Å². The van der Waals surface area contributed by atoms with E-state index in [0.717, 1.165) is 11.2 Å². The monoisotopic (exact) mass is 226 g/mol. The minimum absolute atomic E-state index is 0.830. The van der Waals surface area contributed by atoms with E-state index in [0.29, 0.717) is 0 Å². The zero-order valence-corrected chi connectivity index (χ0v) is 10.7. The average Bonchev–Trinajstić information content (AvgIpc) is 2.54. The summed E-state index contributed by atoms with van der Waals surface area (Å²) in [6.07, 6.45) is 11.3. The molecule has 0 aliphatic carbocycles. The van der Waals surface area contributed by atoms with Gasteiger partial charge in [-0.1, -0.05) is 39.0 Å². The third kappa shape index (κ3) is 4.20. The van der Waals surface area contributed by atoms with Crippen molar-refractivity contribution in [2.75, 3.05) is 0 Å². The van der Waals surface area contributed by atoms with E-state index < -0.39 is 0 Å². The smallest absolute Gasteiger partial charge is 0.177 e. The first-order valence-corrected chi connectivity index (χ1v) is 6.39. The van der Waals surface area contributed by atoms with Gasteiger partial charge in [-0.05, 0) is 25.1 Å². The predicted molar refractivity (Wildman–Crippen MR) is 67.7 cm³/mol. The lowest BCUT2D eigenvalue weighted by Crippen LogP contribution is -1.96. The number of nitrogens with zero attached hydrogens (tertiary/aromatic N) is 1. The van der Waals surface area contributed by atoms with Crippen LogP contribution in [0.5, 0.6) is 0 Å². The average molecular weight is 226 g/mol. The molecule has 0 saturated heterocycles. The van der Waals surface area contributed by atoms with Crippen LogP contribution in [0.1, 0.15) is 51.1 Å². The van der Waals surface area contributed by atoms with Gasteiger partial charge < -0.3 is 9.55 Å². The van der Waals surface area contributed by atoms with Crippen molar-refractivity contribution in [1.82, 2.24) is 9.55 Å². The Kier molecular flexibility index (Phi) is 5.69. The summed E-state index contributed by atoms with van der Waals surface area (Å²) in [5.41, 5.74) is 1.33. The molecule has 0 saturated carbocycles. The lowest BCUT2D eigenvalue weighted by molar-refractivity contribution is 0.599. The Morgan fingerprint density at radius 1 is 1.20 bits per heavy atom. The molecule has 0 aromatic carbocycles. The first-order valence-electron chi connectivity index (χ1n) is 5.99. The van der Waals surface area contributed by atoms with Crippen molar-refractivity contribution in [1.29, 1.82) is 0 Å². The minimum atomic E-state index is 0.830. The molecule has 0 atom stereocenters. The molecular weight excluding hydrogens is 204 g/mol. The van der Waals surface area contributed by atoms with E-state index in [-0.39, 0.29) is 0 Å². The summed E-state index contributed by atoms with van der Waals surface area (Å²) in [7, 11) is 2.03. The number of hydrogen-bond acceptors (Lipinski definition) is 1. The van der Waals surface area contributed by atoms with E-state index >= 15 is 0 Å². The standard InChI is InChI=1S/C12H22N2S/c1-3-4-5-6-7-8-9-11-10-13-12(15)14(11)2/h10H,3-9H2,1-2H3,(H,13,15). The Morgan fingerprint density at radius 3 is 2.47 bits per heavy atom. The maximum atomic E-state index is 5.12.